The van der Waals surface area contributed by atoms with Crippen LogP contribution in [0.1, 0.15) is 81.4 Å². The number of hydrogen-bond acceptors (Lipinski definition) is 4. The van der Waals surface area contributed by atoms with E-state index >= 15 is 0 Å². The molecule has 0 bridgehead atoms. The average molecular weight is 584 g/mol. The van der Waals surface area contributed by atoms with E-state index in [4.69, 9.17) is 13.6 Å². The van der Waals surface area contributed by atoms with Gasteiger partial charge in [-0.25, -0.2) is 0 Å². The molecule has 7 heteroatoms. The van der Waals surface area contributed by atoms with Crippen LogP contribution in [-0.4, -0.2) is 47.8 Å². The summed E-state index contributed by atoms with van der Waals surface area (Å²) in [5.41, 5.74) is 3.68. The number of hydrogen-bond donors (Lipinski definition) is 0. The van der Waals surface area contributed by atoms with Gasteiger partial charge in [0.2, 0.25) is 0 Å². The van der Waals surface area contributed by atoms with Crippen molar-refractivity contribution in [2.75, 3.05) is 20.3 Å². The summed E-state index contributed by atoms with van der Waals surface area (Å²) in [5, 5.41) is 0.238. The Balaban J connectivity index is 2.06. The first-order valence-corrected chi connectivity index (χ1v) is 20.5. The summed E-state index contributed by atoms with van der Waals surface area (Å²) in [6.45, 7) is 26.7. The van der Waals surface area contributed by atoms with Gasteiger partial charge in [0.1, 0.15) is 5.75 Å². The molecule has 1 aliphatic heterocycles. The van der Waals surface area contributed by atoms with Crippen LogP contribution in [-0.2, 0) is 20.9 Å². The smallest absolute Gasteiger partial charge is 0.255 e. The lowest BCUT2D eigenvalue weighted by Crippen LogP contribution is -2.48. The summed E-state index contributed by atoms with van der Waals surface area (Å²) in [4.78, 5) is 16.3. The molecule has 0 atom stereocenters. The molecule has 0 unspecified atom stereocenters. The Morgan fingerprint density at radius 1 is 0.800 bits per heavy atom. The summed E-state index contributed by atoms with van der Waals surface area (Å²) in [5.74, 6) is 0.904. The lowest BCUT2D eigenvalue weighted by Gasteiger charge is -2.43. The molecule has 0 N–H and O–H groups in total. The zero-order chi connectivity index (χ0) is 30.1. The fourth-order valence-electron chi connectivity index (χ4n) is 5.10. The van der Waals surface area contributed by atoms with Gasteiger partial charge in [-0.05, 0) is 90.9 Å². The number of aryl methyl sites for hydroxylation is 1. The van der Waals surface area contributed by atoms with Crippen LogP contribution in [0.5, 0.6) is 5.75 Å². The molecule has 0 saturated carbocycles. The summed E-state index contributed by atoms with van der Waals surface area (Å²) in [6, 6.07) is 14.2. The van der Waals surface area contributed by atoms with E-state index in [9.17, 15) is 4.79 Å². The Hall–Kier alpha value is -1.94. The van der Waals surface area contributed by atoms with E-state index in [0.717, 1.165) is 40.8 Å². The number of rotatable bonds is 11. The van der Waals surface area contributed by atoms with E-state index in [1.54, 1.807) is 7.11 Å². The number of ether oxygens (including phenoxy) is 1. The van der Waals surface area contributed by atoms with E-state index in [1.165, 1.54) is 0 Å². The maximum atomic E-state index is 14.2. The van der Waals surface area contributed by atoms with E-state index in [1.807, 2.05) is 24.3 Å². The third kappa shape index (κ3) is 6.58. The molecule has 0 fully saturated rings. The Kier molecular flexibility index (Phi) is 9.57. The van der Waals surface area contributed by atoms with Crippen molar-refractivity contribution < 1.29 is 18.4 Å². The van der Waals surface area contributed by atoms with Crippen LogP contribution in [0, 0.1) is 6.92 Å². The first-order valence-electron chi connectivity index (χ1n) is 14.7. The van der Waals surface area contributed by atoms with Gasteiger partial charge in [-0.2, -0.15) is 0 Å². The lowest BCUT2D eigenvalue weighted by atomic mass is 9.81. The minimum absolute atomic E-state index is 0.0918. The molecule has 40 heavy (non-hydrogen) atoms. The normalized spacial score (nSPS) is 15.9. The first kappa shape index (κ1) is 32.6. The second kappa shape index (κ2) is 11.7. The second-order valence-electron chi connectivity index (χ2n) is 14.5. The molecule has 0 radical (unpaired) electrons. The molecule has 3 rings (SSSR count). The molecular formula is C33H53NO4Si2. The van der Waals surface area contributed by atoms with E-state index in [2.05, 4.69) is 97.8 Å². The molecule has 1 amide bonds. The summed E-state index contributed by atoms with van der Waals surface area (Å²) in [6.07, 6.45) is 1.47. The van der Waals surface area contributed by atoms with Crippen molar-refractivity contribution in [1.82, 2.24) is 4.90 Å². The first-order chi connectivity index (χ1) is 18.4. The van der Waals surface area contributed by atoms with Crippen molar-refractivity contribution in [3.63, 3.8) is 0 Å². The summed E-state index contributed by atoms with van der Waals surface area (Å²) in [7, 11) is -2.26. The van der Waals surface area contributed by atoms with Gasteiger partial charge in [-0.3, -0.25) is 4.79 Å². The van der Waals surface area contributed by atoms with E-state index in [0.29, 0.717) is 19.8 Å². The maximum Gasteiger partial charge on any atom is 0.255 e. The topological polar surface area (TPSA) is 48.0 Å². The number of nitrogens with zero attached hydrogens (tertiary/aromatic N) is 1. The van der Waals surface area contributed by atoms with E-state index in [-0.39, 0.29) is 16.0 Å². The Labute approximate surface area is 245 Å². The zero-order valence-corrected chi connectivity index (χ0v) is 29.2. The zero-order valence-electron chi connectivity index (χ0n) is 27.2. The highest BCUT2D eigenvalue weighted by molar-refractivity contribution is 6.74. The summed E-state index contributed by atoms with van der Waals surface area (Å²) >= 11 is 0. The van der Waals surface area contributed by atoms with Gasteiger partial charge in [-0.1, -0.05) is 65.8 Å². The monoisotopic (exact) mass is 583 g/mol. The molecule has 2 aromatic carbocycles. The van der Waals surface area contributed by atoms with E-state index < -0.39 is 22.2 Å². The molecule has 0 aromatic heterocycles. The van der Waals surface area contributed by atoms with Gasteiger partial charge >= 0.3 is 0 Å². The number of carbonyl (C=O) groups excluding carboxylic acids is 1. The molecule has 0 aliphatic carbocycles. The van der Waals surface area contributed by atoms with Gasteiger partial charge in [0.25, 0.3) is 5.91 Å². The summed E-state index contributed by atoms with van der Waals surface area (Å²) < 4.78 is 18.9. The number of carbonyl (C=O) groups is 1. The van der Waals surface area contributed by atoms with Crippen LogP contribution < -0.4 is 4.74 Å². The van der Waals surface area contributed by atoms with Crippen LogP contribution in [0.15, 0.2) is 42.5 Å². The molecule has 0 spiro atoms. The van der Waals surface area contributed by atoms with Gasteiger partial charge in [0, 0.05) is 25.3 Å². The molecular weight excluding hydrogens is 531 g/mol. The van der Waals surface area contributed by atoms with Crippen LogP contribution in [0.3, 0.4) is 0 Å². The predicted molar refractivity (Wildman–Crippen MR) is 171 cm³/mol. The second-order valence-corrected chi connectivity index (χ2v) is 24.1. The third-order valence-electron chi connectivity index (χ3n) is 9.80. The molecule has 222 valence electrons. The fraction of sp³-hybridized carbons (Fsp3) is 0.606. The predicted octanol–water partition coefficient (Wildman–Crippen LogP) is 8.68. The molecule has 1 heterocycles. The van der Waals surface area contributed by atoms with Crippen LogP contribution >= 0.6 is 0 Å². The van der Waals surface area contributed by atoms with Gasteiger partial charge < -0.3 is 18.5 Å². The van der Waals surface area contributed by atoms with Crippen LogP contribution in [0.25, 0.3) is 0 Å². The minimum atomic E-state index is -1.97. The number of benzene rings is 2. The van der Waals surface area contributed by atoms with Crippen molar-refractivity contribution >= 4 is 22.5 Å². The van der Waals surface area contributed by atoms with Crippen LogP contribution in [0.4, 0.5) is 0 Å². The maximum absolute atomic E-state index is 14.2. The number of methoxy groups -OCH3 is 1. The van der Waals surface area contributed by atoms with Crippen molar-refractivity contribution in [2.45, 2.75) is 110 Å². The van der Waals surface area contributed by atoms with Gasteiger partial charge in [-0.15, -0.1) is 0 Å². The lowest BCUT2D eigenvalue weighted by molar-refractivity contribution is 0.0342. The number of fused-ring (bicyclic) bond motifs is 1. The Bertz CT molecular complexity index is 1140. The van der Waals surface area contributed by atoms with Crippen molar-refractivity contribution in [1.29, 1.82) is 0 Å². The average Bonchev–Trinajstić information content (AvgIpc) is 3.07. The highest BCUT2D eigenvalue weighted by Gasteiger charge is 2.51. The highest BCUT2D eigenvalue weighted by Crippen LogP contribution is 2.48. The highest BCUT2D eigenvalue weighted by atomic mass is 28.4. The standard InChI is InChI=1S/C33H53NO4Si2/c1-25-14-13-15-28-29(25)33(20-22-37-39(9,10)31(2,3)4,21-23-38-40(11,12)32(5,6)7)34(30(28)35)24-26-16-18-27(36-8)19-17-26/h13-19H,20-24H2,1-12H3. The van der Waals surface area contributed by atoms with Crippen molar-refractivity contribution in [3.8, 4) is 5.75 Å². The molecule has 0 saturated heterocycles. The number of amides is 1. The van der Waals surface area contributed by atoms with Gasteiger partial charge in [0.15, 0.2) is 16.6 Å². The fourth-order valence-corrected chi connectivity index (χ4v) is 7.19. The molecule has 5 nitrogen and oxygen atoms in total. The molecule has 1 aliphatic rings. The minimum Gasteiger partial charge on any atom is -0.497 e. The SMILES string of the molecule is COc1ccc(CN2C(=O)c3cccc(C)c3C2(CCO[Si](C)(C)C(C)(C)C)CCO[Si](C)(C)C(C)(C)C)cc1. The van der Waals surface area contributed by atoms with Crippen molar-refractivity contribution in [2.24, 2.45) is 0 Å². The van der Waals surface area contributed by atoms with Crippen LogP contribution in [0.2, 0.25) is 36.3 Å². The third-order valence-corrected chi connectivity index (χ3v) is 18.9. The van der Waals surface area contributed by atoms with Gasteiger partial charge in [0.05, 0.1) is 12.6 Å². The molecule has 2 aromatic rings. The Morgan fingerprint density at radius 3 is 1.75 bits per heavy atom. The van der Waals surface area contributed by atoms with Crippen molar-refractivity contribution in [3.05, 3.63) is 64.7 Å². The quantitative estimate of drug-likeness (QED) is 0.248. The Morgan fingerprint density at radius 2 is 1.30 bits per heavy atom. The largest absolute Gasteiger partial charge is 0.497 e.